The summed E-state index contributed by atoms with van der Waals surface area (Å²) >= 11 is 0. The van der Waals surface area contributed by atoms with Crippen molar-refractivity contribution in [2.45, 2.75) is 38.8 Å². The molecule has 2 aliphatic heterocycles. The summed E-state index contributed by atoms with van der Waals surface area (Å²) in [5.74, 6) is 1.39. The molecule has 0 radical (unpaired) electrons. The Bertz CT molecular complexity index is 699. The molecule has 0 aliphatic carbocycles. The number of aromatic nitrogens is 4. The number of hydrogen-bond donors (Lipinski definition) is 0. The highest BCUT2D eigenvalue weighted by atomic mass is 16.5. The maximum Gasteiger partial charge on any atom is 0.225 e. The molecule has 7 nitrogen and oxygen atoms in total. The molecule has 4 heterocycles. The Hall–Kier alpha value is -1.99. The minimum Gasteiger partial charge on any atom is -0.381 e. The molecule has 1 saturated heterocycles. The van der Waals surface area contributed by atoms with Gasteiger partial charge >= 0.3 is 0 Å². The van der Waals surface area contributed by atoms with Crippen molar-refractivity contribution in [2.75, 3.05) is 37.9 Å². The van der Waals surface area contributed by atoms with Gasteiger partial charge in [0.15, 0.2) is 0 Å². The average Bonchev–Trinajstić information content (AvgIpc) is 3.10. The van der Waals surface area contributed by atoms with Gasteiger partial charge in [-0.05, 0) is 43.7 Å². The van der Waals surface area contributed by atoms with Crippen LogP contribution in [0.2, 0.25) is 0 Å². The highest BCUT2D eigenvalue weighted by molar-refractivity contribution is 5.40. The molecule has 4 rings (SSSR count). The van der Waals surface area contributed by atoms with E-state index in [2.05, 4.69) is 19.5 Å². The Kier molecular flexibility index (Phi) is 5.45. The van der Waals surface area contributed by atoms with Crippen molar-refractivity contribution < 1.29 is 9.47 Å². The standard InChI is InChI=1S/C19H27N5O2/c1-2-25-14-17-18-16(4-9-23(17)19-20-7-3-8-21-19)12-22-24(18)13-15-5-10-26-11-6-15/h3,7-8,12,15,17H,2,4-6,9-11,13-14H2,1H3/t17-/m0/s1. The molecule has 0 N–H and O–H groups in total. The first-order chi connectivity index (χ1) is 12.9. The van der Waals surface area contributed by atoms with E-state index in [9.17, 15) is 0 Å². The van der Waals surface area contributed by atoms with E-state index in [1.165, 1.54) is 11.3 Å². The monoisotopic (exact) mass is 357 g/mol. The second kappa shape index (κ2) is 8.14. The van der Waals surface area contributed by atoms with Gasteiger partial charge in [-0.1, -0.05) is 0 Å². The normalized spacial score (nSPS) is 21.0. The number of nitrogens with zero attached hydrogens (tertiary/aromatic N) is 5. The largest absolute Gasteiger partial charge is 0.381 e. The summed E-state index contributed by atoms with van der Waals surface area (Å²) in [4.78, 5) is 11.2. The van der Waals surface area contributed by atoms with Gasteiger partial charge in [-0.15, -0.1) is 0 Å². The van der Waals surface area contributed by atoms with Crippen molar-refractivity contribution in [3.63, 3.8) is 0 Å². The molecule has 140 valence electrons. The van der Waals surface area contributed by atoms with Crippen LogP contribution in [0.25, 0.3) is 0 Å². The number of fused-ring (bicyclic) bond motifs is 1. The summed E-state index contributed by atoms with van der Waals surface area (Å²) in [5.41, 5.74) is 2.59. The minimum absolute atomic E-state index is 0.100. The Morgan fingerprint density at radius 1 is 1.23 bits per heavy atom. The van der Waals surface area contributed by atoms with Gasteiger partial charge in [0.1, 0.15) is 0 Å². The maximum absolute atomic E-state index is 5.84. The van der Waals surface area contributed by atoms with Gasteiger partial charge in [-0.25, -0.2) is 9.97 Å². The molecule has 0 unspecified atom stereocenters. The molecule has 0 amide bonds. The van der Waals surface area contributed by atoms with Crippen LogP contribution in [0.4, 0.5) is 5.95 Å². The summed E-state index contributed by atoms with van der Waals surface area (Å²) in [6, 6.07) is 1.95. The smallest absolute Gasteiger partial charge is 0.225 e. The molecule has 0 bridgehead atoms. The van der Waals surface area contributed by atoms with E-state index in [1.54, 1.807) is 12.4 Å². The zero-order valence-corrected chi connectivity index (χ0v) is 15.4. The van der Waals surface area contributed by atoms with Crippen LogP contribution in [0, 0.1) is 5.92 Å². The molecule has 0 aromatic carbocycles. The third kappa shape index (κ3) is 3.59. The van der Waals surface area contributed by atoms with Gasteiger partial charge in [0.25, 0.3) is 0 Å². The van der Waals surface area contributed by atoms with Crippen LogP contribution in [-0.2, 0) is 22.4 Å². The van der Waals surface area contributed by atoms with E-state index in [0.717, 1.165) is 51.5 Å². The van der Waals surface area contributed by atoms with Crippen molar-refractivity contribution >= 4 is 5.95 Å². The summed E-state index contributed by atoms with van der Waals surface area (Å²) in [6.45, 7) is 6.92. The predicted molar refractivity (Wildman–Crippen MR) is 98.1 cm³/mol. The molecule has 0 saturated carbocycles. The number of ether oxygens (including phenoxy) is 2. The molecular formula is C19H27N5O2. The molecule has 1 fully saturated rings. The van der Waals surface area contributed by atoms with Gasteiger partial charge in [-0.2, -0.15) is 5.10 Å². The fourth-order valence-electron chi connectivity index (χ4n) is 3.95. The maximum atomic E-state index is 5.84. The highest BCUT2D eigenvalue weighted by Gasteiger charge is 2.33. The van der Waals surface area contributed by atoms with E-state index in [4.69, 9.17) is 14.6 Å². The molecule has 0 spiro atoms. The third-order valence-corrected chi connectivity index (χ3v) is 5.33. The second-order valence-corrected chi connectivity index (χ2v) is 6.96. The lowest BCUT2D eigenvalue weighted by Crippen LogP contribution is -2.40. The van der Waals surface area contributed by atoms with E-state index < -0.39 is 0 Å². The lowest BCUT2D eigenvalue weighted by molar-refractivity contribution is 0.0592. The second-order valence-electron chi connectivity index (χ2n) is 6.96. The lowest BCUT2D eigenvalue weighted by atomic mass is 9.98. The van der Waals surface area contributed by atoms with E-state index in [-0.39, 0.29) is 6.04 Å². The molecular weight excluding hydrogens is 330 g/mol. The quantitative estimate of drug-likeness (QED) is 0.790. The fraction of sp³-hybridized carbons (Fsp3) is 0.632. The van der Waals surface area contributed by atoms with Crippen LogP contribution in [0.5, 0.6) is 0 Å². The van der Waals surface area contributed by atoms with E-state index in [1.807, 2.05) is 19.2 Å². The summed E-state index contributed by atoms with van der Waals surface area (Å²) < 4.78 is 13.5. The van der Waals surface area contributed by atoms with Gasteiger partial charge in [0, 0.05) is 45.3 Å². The Labute approximate surface area is 154 Å². The zero-order chi connectivity index (χ0) is 17.8. The molecule has 2 aliphatic rings. The highest BCUT2D eigenvalue weighted by Crippen LogP contribution is 2.33. The molecule has 2 aromatic rings. The van der Waals surface area contributed by atoms with Gasteiger partial charge in [-0.3, -0.25) is 4.68 Å². The van der Waals surface area contributed by atoms with Crippen molar-refractivity contribution in [1.29, 1.82) is 0 Å². The predicted octanol–water partition coefficient (Wildman–Crippen LogP) is 2.24. The molecule has 7 heteroatoms. The summed E-state index contributed by atoms with van der Waals surface area (Å²) in [5, 5.41) is 4.73. The summed E-state index contributed by atoms with van der Waals surface area (Å²) in [6.07, 6.45) is 8.82. The van der Waals surface area contributed by atoms with Crippen LogP contribution in [-0.4, -0.2) is 52.7 Å². The van der Waals surface area contributed by atoms with Crippen molar-refractivity contribution in [3.05, 3.63) is 35.9 Å². The molecule has 26 heavy (non-hydrogen) atoms. The van der Waals surface area contributed by atoms with Gasteiger partial charge < -0.3 is 14.4 Å². The molecule has 1 atom stereocenters. The minimum atomic E-state index is 0.100. The lowest BCUT2D eigenvalue weighted by Gasteiger charge is -2.36. The Morgan fingerprint density at radius 3 is 2.81 bits per heavy atom. The first kappa shape index (κ1) is 17.4. The van der Waals surface area contributed by atoms with Crippen molar-refractivity contribution in [3.8, 4) is 0 Å². The number of rotatable bonds is 6. The topological polar surface area (TPSA) is 65.3 Å². The van der Waals surface area contributed by atoms with E-state index in [0.29, 0.717) is 19.1 Å². The van der Waals surface area contributed by atoms with Crippen LogP contribution < -0.4 is 4.90 Å². The van der Waals surface area contributed by atoms with Crippen LogP contribution >= 0.6 is 0 Å². The first-order valence-electron chi connectivity index (χ1n) is 9.60. The Balaban J connectivity index is 1.62. The zero-order valence-electron chi connectivity index (χ0n) is 15.4. The van der Waals surface area contributed by atoms with E-state index >= 15 is 0 Å². The van der Waals surface area contributed by atoms with Crippen molar-refractivity contribution in [2.24, 2.45) is 5.92 Å². The van der Waals surface area contributed by atoms with Gasteiger partial charge in [0.2, 0.25) is 5.95 Å². The summed E-state index contributed by atoms with van der Waals surface area (Å²) in [7, 11) is 0. The van der Waals surface area contributed by atoms with Crippen LogP contribution in [0.1, 0.15) is 37.1 Å². The van der Waals surface area contributed by atoms with Crippen molar-refractivity contribution in [1.82, 2.24) is 19.7 Å². The van der Waals surface area contributed by atoms with Crippen LogP contribution in [0.3, 0.4) is 0 Å². The SMILES string of the molecule is CCOC[C@H]1c2c(cnn2CC2CCOCC2)CCN1c1ncccn1. The number of anilines is 1. The van der Waals surface area contributed by atoms with Gasteiger partial charge in [0.05, 0.1) is 24.5 Å². The fourth-order valence-corrected chi connectivity index (χ4v) is 3.95. The molecule has 2 aromatic heterocycles. The average molecular weight is 357 g/mol. The third-order valence-electron chi connectivity index (χ3n) is 5.33. The Morgan fingerprint density at radius 2 is 2.04 bits per heavy atom. The van der Waals surface area contributed by atoms with Crippen LogP contribution in [0.15, 0.2) is 24.7 Å². The number of hydrogen-bond acceptors (Lipinski definition) is 6. The first-order valence-corrected chi connectivity index (χ1v) is 9.60.